The van der Waals surface area contributed by atoms with Gasteiger partial charge >= 0.3 is 0 Å². The number of nitrogens with one attached hydrogen (secondary N) is 1. The van der Waals surface area contributed by atoms with E-state index in [1.165, 1.54) is 4.90 Å². The Labute approximate surface area is 103 Å². The minimum absolute atomic E-state index is 0.295. The molecule has 1 aromatic rings. The summed E-state index contributed by atoms with van der Waals surface area (Å²) in [7, 11) is 0. The zero-order valence-electron chi connectivity index (χ0n) is 8.50. The molecule has 4 heteroatoms. The Morgan fingerprint density at radius 1 is 1.27 bits per heavy atom. The van der Waals surface area contributed by atoms with Gasteiger partial charge in [0.25, 0.3) is 0 Å². The molecule has 1 aromatic carbocycles. The van der Waals surface area contributed by atoms with Crippen LogP contribution in [0.15, 0.2) is 33.6 Å². The predicted molar refractivity (Wildman–Crippen MR) is 70.6 cm³/mol. The van der Waals surface area contributed by atoms with Crippen LogP contribution in [0.2, 0.25) is 0 Å². The Bertz CT molecular complexity index is 311. The van der Waals surface area contributed by atoms with Gasteiger partial charge in [-0.2, -0.15) is 0 Å². The Kier molecular flexibility index (Phi) is 5.79. The monoisotopic (exact) mass is 286 g/mol. The molecule has 15 heavy (non-hydrogen) atoms. The SMILES string of the molecule is N=C(N)CCCCSc1ccc(Br)cc1. The molecule has 0 aliphatic carbocycles. The van der Waals surface area contributed by atoms with Gasteiger partial charge in [0, 0.05) is 15.8 Å². The van der Waals surface area contributed by atoms with Crippen molar-refractivity contribution in [2.75, 3.05) is 5.75 Å². The molecular formula is C11H15BrN2S. The Balaban J connectivity index is 2.15. The van der Waals surface area contributed by atoms with Gasteiger partial charge in [-0.15, -0.1) is 11.8 Å². The minimum atomic E-state index is 0.295. The molecule has 0 spiro atoms. The van der Waals surface area contributed by atoms with Gasteiger partial charge < -0.3 is 5.73 Å². The van der Waals surface area contributed by atoms with Crippen LogP contribution in [0.1, 0.15) is 19.3 Å². The molecule has 0 radical (unpaired) electrons. The lowest BCUT2D eigenvalue weighted by molar-refractivity contribution is 0.837. The number of halogens is 1. The molecule has 0 bridgehead atoms. The summed E-state index contributed by atoms with van der Waals surface area (Å²) in [4.78, 5) is 1.29. The third-order valence-electron chi connectivity index (χ3n) is 1.92. The molecule has 0 heterocycles. The first-order valence-electron chi connectivity index (χ1n) is 4.90. The Morgan fingerprint density at radius 3 is 2.53 bits per heavy atom. The van der Waals surface area contributed by atoms with Crippen molar-refractivity contribution >= 4 is 33.5 Å². The summed E-state index contributed by atoms with van der Waals surface area (Å²) in [6.45, 7) is 0. The van der Waals surface area contributed by atoms with Gasteiger partial charge in [-0.05, 0) is 42.9 Å². The number of hydrogen-bond acceptors (Lipinski definition) is 2. The van der Waals surface area contributed by atoms with Gasteiger partial charge in [0.2, 0.25) is 0 Å². The number of nitrogens with two attached hydrogens (primary N) is 1. The van der Waals surface area contributed by atoms with Crippen molar-refractivity contribution in [1.82, 2.24) is 0 Å². The number of thioether (sulfide) groups is 1. The summed E-state index contributed by atoms with van der Waals surface area (Å²) in [6.07, 6.45) is 2.85. The van der Waals surface area contributed by atoms with Gasteiger partial charge in [0.15, 0.2) is 0 Å². The van der Waals surface area contributed by atoms with E-state index < -0.39 is 0 Å². The van der Waals surface area contributed by atoms with E-state index in [0.29, 0.717) is 5.84 Å². The number of amidine groups is 1. The first-order valence-corrected chi connectivity index (χ1v) is 6.67. The molecule has 2 nitrogen and oxygen atoms in total. The van der Waals surface area contributed by atoms with Crippen LogP contribution in [-0.2, 0) is 0 Å². The topological polar surface area (TPSA) is 49.9 Å². The third-order valence-corrected chi connectivity index (χ3v) is 3.55. The molecule has 0 saturated heterocycles. The zero-order valence-corrected chi connectivity index (χ0v) is 10.9. The molecule has 82 valence electrons. The maximum Gasteiger partial charge on any atom is 0.0905 e. The van der Waals surface area contributed by atoms with Crippen LogP contribution in [0.25, 0.3) is 0 Å². The molecule has 1 rings (SSSR count). The summed E-state index contributed by atoms with van der Waals surface area (Å²) in [5, 5.41) is 7.08. The second-order valence-electron chi connectivity index (χ2n) is 3.28. The van der Waals surface area contributed by atoms with Crippen LogP contribution in [0.4, 0.5) is 0 Å². The highest BCUT2D eigenvalue weighted by atomic mass is 79.9. The number of rotatable bonds is 6. The largest absolute Gasteiger partial charge is 0.388 e. The fraction of sp³-hybridized carbons (Fsp3) is 0.364. The maximum absolute atomic E-state index is 7.08. The summed E-state index contributed by atoms with van der Waals surface area (Å²) in [6, 6.07) is 8.33. The van der Waals surface area contributed by atoms with Crippen LogP contribution < -0.4 is 5.73 Å². The lowest BCUT2D eigenvalue weighted by Gasteiger charge is -2.01. The van der Waals surface area contributed by atoms with E-state index >= 15 is 0 Å². The van der Waals surface area contributed by atoms with E-state index in [1.807, 2.05) is 11.8 Å². The van der Waals surface area contributed by atoms with Crippen LogP contribution in [0.3, 0.4) is 0 Å². The van der Waals surface area contributed by atoms with Crippen molar-refractivity contribution in [3.63, 3.8) is 0 Å². The highest BCUT2D eigenvalue weighted by molar-refractivity contribution is 9.10. The minimum Gasteiger partial charge on any atom is -0.388 e. The predicted octanol–water partition coefficient (Wildman–Crippen LogP) is 3.65. The molecule has 0 fully saturated rings. The summed E-state index contributed by atoms with van der Waals surface area (Å²) in [5.74, 6) is 1.39. The maximum atomic E-state index is 7.08. The van der Waals surface area contributed by atoms with Crippen LogP contribution in [-0.4, -0.2) is 11.6 Å². The standard InChI is InChI=1S/C11H15BrN2S/c12-9-4-6-10(7-5-9)15-8-2-1-3-11(13)14/h4-7H,1-3,8H2,(H3,13,14). The first-order chi connectivity index (χ1) is 7.18. The highest BCUT2D eigenvalue weighted by Crippen LogP contribution is 2.21. The average Bonchev–Trinajstić information content (AvgIpc) is 2.20. The van der Waals surface area contributed by atoms with Crippen molar-refractivity contribution in [3.05, 3.63) is 28.7 Å². The smallest absolute Gasteiger partial charge is 0.0905 e. The average molecular weight is 287 g/mol. The molecule has 0 unspecified atom stereocenters. The molecule has 0 aliphatic heterocycles. The Morgan fingerprint density at radius 2 is 1.93 bits per heavy atom. The van der Waals surface area contributed by atoms with Crippen molar-refractivity contribution in [1.29, 1.82) is 5.41 Å². The van der Waals surface area contributed by atoms with E-state index in [2.05, 4.69) is 40.2 Å². The van der Waals surface area contributed by atoms with E-state index in [4.69, 9.17) is 11.1 Å². The zero-order chi connectivity index (χ0) is 11.1. The highest BCUT2D eigenvalue weighted by Gasteiger charge is 1.95. The van der Waals surface area contributed by atoms with Crippen LogP contribution >= 0.6 is 27.7 Å². The molecular weight excluding hydrogens is 272 g/mol. The molecule has 0 aromatic heterocycles. The van der Waals surface area contributed by atoms with Crippen molar-refractivity contribution in [2.24, 2.45) is 5.73 Å². The molecule has 0 saturated carbocycles. The molecule has 0 atom stereocenters. The van der Waals surface area contributed by atoms with Gasteiger partial charge in [0.05, 0.1) is 5.84 Å². The second-order valence-corrected chi connectivity index (χ2v) is 5.37. The molecule has 0 aliphatic rings. The van der Waals surface area contributed by atoms with Gasteiger partial charge in [-0.1, -0.05) is 15.9 Å². The summed E-state index contributed by atoms with van der Waals surface area (Å²) >= 11 is 5.26. The van der Waals surface area contributed by atoms with E-state index in [-0.39, 0.29) is 0 Å². The molecule has 3 N–H and O–H groups in total. The van der Waals surface area contributed by atoms with E-state index in [0.717, 1.165) is 29.5 Å². The number of unbranched alkanes of at least 4 members (excludes halogenated alkanes) is 1. The van der Waals surface area contributed by atoms with Crippen molar-refractivity contribution in [3.8, 4) is 0 Å². The van der Waals surface area contributed by atoms with Crippen LogP contribution in [0, 0.1) is 5.41 Å². The summed E-state index contributed by atoms with van der Waals surface area (Å²) in [5.41, 5.74) is 5.27. The third kappa shape index (κ3) is 5.85. The fourth-order valence-corrected chi connectivity index (χ4v) is 2.32. The second kappa shape index (κ2) is 6.90. The van der Waals surface area contributed by atoms with Gasteiger partial charge in [-0.25, -0.2) is 0 Å². The summed E-state index contributed by atoms with van der Waals surface area (Å²) < 4.78 is 1.11. The van der Waals surface area contributed by atoms with Gasteiger partial charge in [-0.3, -0.25) is 5.41 Å². The van der Waals surface area contributed by atoms with Crippen molar-refractivity contribution in [2.45, 2.75) is 24.2 Å². The molecule has 0 amide bonds. The number of hydrogen-bond donors (Lipinski definition) is 2. The van der Waals surface area contributed by atoms with Crippen molar-refractivity contribution < 1.29 is 0 Å². The first kappa shape index (κ1) is 12.6. The lowest BCUT2D eigenvalue weighted by atomic mass is 10.2. The Hall–Kier alpha value is -0.480. The normalized spacial score (nSPS) is 10.2. The fourth-order valence-electron chi connectivity index (χ4n) is 1.14. The van der Waals surface area contributed by atoms with Crippen LogP contribution in [0.5, 0.6) is 0 Å². The lowest BCUT2D eigenvalue weighted by Crippen LogP contribution is -2.08. The van der Waals surface area contributed by atoms with E-state index in [1.54, 1.807) is 0 Å². The number of benzene rings is 1. The van der Waals surface area contributed by atoms with E-state index in [9.17, 15) is 0 Å². The quantitative estimate of drug-likeness (QED) is 0.363. The van der Waals surface area contributed by atoms with Gasteiger partial charge in [0.1, 0.15) is 0 Å².